The highest BCUT2D eigenvalue weighted by Crippen LogP contribution is 2.48. The Morgan fingerprint density at radius 1 is 1.10 bits per heavy atom. The zero-order valence-electron chi connectivity index (χ0n) is 30.5. The van der Waals surface area contributed by atoms with Crippen LogP contribution in [0.4, 0.5) is 10.2 Å². The van der Waals surface area contributed by atoms with Crippen LogP contribution in [0.25, 0.3) is 0 Å². The van der Waals surface area contributed by atoms with Crippen LogP contribution in [0.1, 0.15) is 64.2 Å². The van der Waals surface area contributed by atoms with Crippen LogP contribution in [0, 0.1) is 23.1 Å². The second-order valence-electron chi connectivity index (χ2n) is 14.4. The van der Waals surface area contributed by atoms with Gasteiger partial charge in [0.25, 0.3) is 11.8 Å². The lowest BCUT2D eigenvalue weighted by molar-refractivity contribution is -0.133. The minimum absolute atomic E-state index is 0.0182. The molecule has 3 N–H and O–H groups in total. The Bertz CT molecular complexity index is 1630. The van der Waals surface area contributed by atoms with Crippen molar-refractivity contribution >= 4 is 23.7 Å². The molecule has 3 aliphatic rings. The first-order valence-corrected chi connectivity index (χ1v) is 18.0. The number of rotatable bonds is 16. The van der Waals surface area contributed by atoms with E-state index in [-0.39, 0.29) is 47.8 Å². The molecule has 0 bridgehead atoms. The van der Waals surface area contributed by atoms with Gasteiger partial charge in [-0.25, -0.2) is 19.0 Å². The molecule has 284 valence electrons. The molecule has 2 saturated heterocycles. The number of benzene rings is 1. The van der Waals surface area contributed by atoms with Gasteiger partial charge in [-0.3, -0.25) is 9.69 Å². The van der Waals surface area contributed by atoms with Gasteiger partial charge in [-0.1, -0.05) is 13.8 Å². The average molecular weight is 728 g/mol. The highest BCUT2D eigenvalue weighted by atomic mass is 19.1. The van der Waals surface area contributed by atoms with Crippen LogP contribution in [0.5, 0.6) is 23.1 Å². The van der Waals surface area contributed by atoms with Crippen LogP contribution >= 0.6 is 0 Å². The topological polar surface area (TPSA) is 180 Å². The van der Waals surface area contributed by atoms with Crippen LogP contribution in [-0.4, -0.2) is 124 Å². The van der Waals surface area contributed by atoms with Crippen LogP contribution in [0.3, 0.4) is 0 Å². The number of hydrogen-bond acceptors (Lipinski definition) is 14. The van der Waals surface area contributed by atoms with Gasteiger partial charge in [0.2, 0.25) is 11.5 Å². The second kappa shape index (κ2) is 17.1. The van der Waals surface area contributed by atoms with Gasteiger partial charge >= 0.3 is 11.9 Å². The molecular weight excluding hydrogens is 677 g/mol. The number of esters is 2. The van der Waals surface area contributed by atoms with Crippen LogP contribution < -0.4 is 24.4 Å². The van der Waals surface area contributed by atoms with E-state index in [0.29, 0.717) is 44.0 Å². The highest BCUT2D eigenvalue weighted by molar-refractivity contribution is 6.01. The lowest BCUT2D eigenvalue weighted by atomic mass is 9.76. The first kappa shape index (κ1) is 39.0. The number of carbonyl (C=O) groups is 3. The number of fused-ring (bicyclic) bond motifs is 1. The fraction of sp³-hybridized carbons (Fsp3) is 0.611. The number of aliphatic hydroxyl groups excluding tert-OH is 2. The van der Waals surface area contributed by atoms with Gasteiger partial charge < -0.3 is 39.5 Å². The van der Waals surface area contributed by atoms with E-state index in [2.05, 4.69) is 39.2 Å². The second-order valence-corrected chi connectivity index (χ2v) is 14.4. The molecule has 5 rings (SSSR count). The Kier molecular flexibility index (Phi) is 12.8. The molecule has 52 heavy (non-hydrogen) atoms. The molecule has 1 atom stereocenters. The van der Waals surface area contributed by atoms with Crippen molar-refractivity contribution in [3.8, 4) is 23.1 Å². The van der Waals surface area contributed by atoms with E-state index in [0.717, 1.165) is 57.1 Å². The van der Waals surface area contributed by atoms with E-state index < -0.39 is 35.2 Å². The lowest BCUT2D eigenvalue weighted by Crippen LogP contribution is -2.62. The number of hydrogen-bond donors (Lipinski definition) is 3. The van der Waals surface area contributed by atoms with Crippen molar-refractivity contribution < 1.29 is 43.2 Å². The Balaban J connectivity index is 1.36. The molecule has 2 fully saturated rings. The Hall–Kier alpha value is -4.25. The molecule has 1 spiro atoms. The van der Waals surface area contributed by atoms with E-state index in [1.807, 2.05) is 18.7 Å². The van der Waals surface area contributed by atoms with E-state index in [1.165, 1.54) is 11.2 Å². The molecule has 4 heterocycles. The minimum atomic E-state index is -1.09. The molecule has 0 aliphatic carbocycles. The van der Waals surface area contributed by atoms with Crippen molar-refractivity contribution in [2.45, 2.75) is 66.0 Å². The number of nitrogens with zero attached hydrogens (tertiary/aromatic N) is 6. The maximum atomic E-state index is 15.6. The fourth-order valence-corrected chi connectivity index (χ4v) is 7.27. The van der Waals surface area contributed by atoms with E-state index >= 15 is 4.39 Å². The normalized spacial score (nSPS) is 18.2. The third-order valence-corrected chi connectivity index (χ3v) is 9.99. The number of ether oxygens (including phenoxy) is 3. The SMILES string of the molecule is CCN(C(=O)c1cc(F)c2c(c1Oc1nncnc1N1CCC3(C1)CN([C@H](CCCNCC(CO)CO)C(C)C)C3)OC(=O)/C=C/C(=O)O2)C(C)C. The summed E-state index contributed by atoms with van der Waals surface area (Å²) in [7, 11) is 0. The van der Waals surface area contributed by atoms with Gasteiger partial charge in [-0.05, 0) is 58.6 Å². The molecule has 15 nitrogen and oxygen atoms in total. The number of likely N-dealkylation sites (tertiary alicyclic amines) is 1. The quantitative estimate of drug-likeness (QED) is 0.130. The van der Waals surface area contributed by atoms with Crippen molar-refractivity contribution in [3.05, 3.63) is 35.9 Å². The van der Waals surface area contributed by atoms with Crippen molar-refractivity contribution in [3.63, 3.8) is 0 Å². The number of nitrogens with one attached hydrogen (secondary N) is 1. The summed E-state index contributed by atoms with van der Waals surface area (Å²) in [4.78, 5) is 49.3. The molecule has 3 aliphatic heterocycles. The summed E-state index contributed by atoms with van der Waals surface area (Å²) in [5, 5.41) is 30.1. The predicted octanol–water partition coefficient (Wildman–Crippen LogP) is 2.56. The van der Waals surface area contributed by atoms with Crippen molar-refractivity contribution in [2.24, 2.45) is 17.3 Å². The Morgan fingerprint density at radius 2 is 1.79 bits per heavy atom. The summed E-state index contributed by atoms with van der Waals surface area (Å²) in [5.41, 5.74) is -0.245. The molecule has 0 saturated carbocycles. The molecule has 1 aromatic carbocycles. The molecular formula is C36H50FN7O8. The smallest absolute Gasteiger partial charge is 0.336 e. The van der Waals surface area contributed by atoms with Crippen LogP contribution in [0.2, 0.25) is 0 Å². The predicted molar refractivity (Wildman–Crippen MR) is 188 cm³/mol. The van der Waals surface area contributed by atoms with Gasteiger partial charge in [0.15, 0.2) is 17.4 Å². The van der Waals surface area contributed by atoms with E-state index in [4.69, 9.17) is 14.2 Å². The molecule has 0 unspecified atom stereocenters. The summed E-state index contributed by atoms with van der Waals surface area (Å²) < 4.78 is 32.4. The summed E-state index contributed by atoms with van der Waals surface area (Å²) in [6.07, 6.45) is 5.84. The van der Waals surface area contributed by atoms with Crippen LogP contribution in [0.15, 0.2) is 24.5 Å². The van der Waals surface area contributed by atoms with Gasteiger partial charge in [-0.2, -0.15) is 0 Å². The first-order chi connectivity index (χ1) is 24.9. The third kappa shape index (κ3) is 8.68. The molecule has 1 amide bonds. The van der Waals surface area contributed by atoms with Crippen molar-refractivity contribution in [1.82, 2.24) is 30.3 Å². The minimum Gasteiger partial charge on any atom is -0.430 e. The summed E-state index contributed by atoms with van der Waals surface area (Å²) in [6, 6.07) is 1.04. The number of anilines is 1. The standard InChI is InChI=1S/C36H50FN7O8/c1-6-44(23(4)5)35(49)25-14-26(37)31-32(51-29(48)10-9-28(47)50-31)30(25)52-34-33(39-21-40-41-34)42-13-11-36(18-42)19-43(20-36)27(22(2)3)8-7-12-38-15-24(16-45)17-46/h9-10,14,21-24,27,38,45-46H,6-8,11-13,15-20H2,1-5H3/b10-9+/t27-/m1/s1. The molecule has 2 aromatic rings. The lowest BCUT2D eigenvalue weighted by Gasteiger charge is -2.53. The average Bonchev–Trinajstić information content (AvgIpc) is 3.54. The number of carbonyl (C=O) groups excluding carboxylic acids is 3. The van der Waals surface area contributed by atoms with E-state index in [1.54, 1.807) is 6.92 Å². The fourth-order valence-electron chi connectivity index (χ4n) is 7.27. The molecule has 16 heteroatoms. The molecule has 0 radical (unpaired) electrons. The Labute approximate surface area is 303 Å². The number of aliphatic hydroxyl groups is 2. The van der Waals surface area contributed by atoms with Gasteiger partial charge in [0, 0.05) is 88.1 Å². The largest absolute Gasteiger partial charge is 0.430 e. The molecule has 1 aromatic heterocycles. The number of halogens is 1. The third-order valence-electron chi connectivity index (χ3n) is 9.99. The highest BCUT2D eigenvalue weighted by Gasteiger charge is 2.50. The summed E-state index contributed by atoms with van der Waals surface area (Å²) in [5.74, 6) is -4.78. The number of aromatic nitrogens is 3. The van der Waals surface area contributed by atoms with Crippen LogP contribution in [-0.2, 0) is 9.59 Å². The summed E-state index contributed by atoms with van der Waals surface area (Å²) in [6.45, 7) is 14.6. The van der Waals surface area contributed by atoms with Gasteiger partial charge in [-0.15, -0.1) is 10.2 Å². The van der Waals surface area contributed by atoms with E-state index in [9.17, 15) is 24.6 Å². The zero-order valence-corrected chi connectivity index (χ0v) is 30.5. The monoisotopic (exact) mass is 727 g/mol. The Morgan fingerprint density at radius 3 is 2.42 bits per heavy atom. The maximum absolute atomic E-state index is 15.6. The number of amides is 1. The first-order valence-electron chi connectivity index (χ1n) is 18.0. The van der Waals surface area contributed by atoms with Gasteiger partial charge in [0.05, 0.1) is 5.56 Å². The van der Waals surface area contributed by atoms with Gasteiger partial charge in [0.1, 0.15) is 6.33 Å². The summed E-state index contributed by atoms with van der Waals surface area (Å²) >= 11 is 0. The maximum Gasteiger partial charge on any atom is 0.336 e. The zero-order chi connectivity index (χ0) is 37.6. The van der Waals surface area contributed by atoms with Crippen molar-refractivity contribution in [2.75, 3.05) is 63.9 Å². The van der Waals surface area contributed by atoms with Crippen molar-refractivity contribution in [1.29, 1.82) is 0 Å².